The number of piperidine rings is 1. The van der Waals surface area contributed by atoms with Crippen molar-refractivity contribution in [3.8, 4) is 11.1 Å². The van der Waals surface area contributed by atoms with Crippen LogP contribution in [-0.4, -0.2) is 56.3 Å². The predicted molar refractivity (Wildman–Crippen MR) is 135 cm³/mol. The van der Waals surface area contributed by atoms with Crippen LogP contribution in [0.1, 0.15) is 50.9 Å². The van der Waals surface area contributed by atoms with Crippen molar-refractivity contribution >= 4 is 17.5 Å². The Labute approximate surface area is 210 Å². The number of pyridine rings is 1. The summed E-state index contributed by atoms with van der Waals surface area (Å²) in [6.45, 7) is 9.65. The second kappa shape index (κ2) is 13.6. The zero-order chi connectivity index (χ0) is 26.7. The van der Waals surface area contributed by atoms with Crippen LogP contribution in [0.2, 0.25) is 0 Å². The number of aromatic carboxylic acids is 1. The first-order valence-corrected chi connectivity index (χ1v) is 12.2. The number of hydrogen-bond acceptors (Lipinski definition) is 5. The van der Waals surface area contributed by atoms with Gasteiger partial charge in [0.2, 0.25) is 0 Å². The van der Waals surface area contributed by atoms with Crippen molar-refractivity contribution in [2.75, 3.05) is 25.0 Å². The normalized spacial score (nSPS) is 14.6. The van der Waals surface area contributed by atoms with Crippen LogP contribution < -0.4 is 5.32 Å². The van der Waals surface area contributed by atoms with E-state index in [-0.39, 0.29) is 29.9 Å². The molecule has 1 saturated heterocycles. The standard InChI is InChI=1S/C22H22F3N5O2.2C2H6/c23-16-3-1-15(2-4-16)18-14-30(12-11-29-9-6-22(24,25)7-10-29)28-20(18)27-19-13-26-8-5-17(19)21(31)32;2*1-2/h1-5,8,13-14H,6-7,9-12H2,(H,27,28)(H,31,32);2*1-2H3. The highest BCUT2D eigenvalue weighted by molar-refractivity contribution is 5.95. The number of aromatic nitrogens is 3. The number of anilines is 2. The largest absolute Gasteiger partial charge is 0.478 e. The van der Waals surface area contributed by atoms with Crippen LogP contribution in [0.3, 0.4) is 0 Å². The fourth-order valence-corrected chi connectivity index (χ4v) is 3.62. The molecule has 2 N–H and O–H groups in total. The summed E-state index contributed by atoms with van der Waals surface area (Å²) in [6, 6.07) is 7.26. The van der Waals surface area contributed by atoms with E-state index in [4.69, 9.17) is 0 Å². The second-order valence-electron chi connectivity index (χ2n) is 7.71. The zero-order valence-corrected chi connectivity index (χ0v) is 21.1. The van der Waals surface area contributed by atoms with Gasteiger partial charge in [-0.05, 0) is 23.8 Å². The summed E-state index contributed by atoms with van der Waals surface area (Å²) in [5, 5.41) is 17.0. The lowest BCUT2D eigenvalue weighted by Crippen LogP contribution is -2.40. The molecule has 2 aromatic heterocycles. The minimum Gasteiger partial charge on any atom is -0.478 e. The van der Waals surface area contributed by atoms with Crippen LogP contribution in [0.25, 0.3) is 11.1 Å². The molecule has 1 aliphatic heterocycles. The molecule has 0 aliphatic carbocycles. The van der Waals surface area contributed by atoms with Gasteiger partial charge in [-0.3, -0.25) is 9.67 Å². The highest BCUT2D eigenvalue weighted by Crippen LogP contribution is 2.31. The number of carboxylic acid groups (broad SMARTS) is 1. The Hall–Kier alpha value is -3.40. The summed E-state index contributed by atoms with van der Waals surface area (Å²) in [5.41, 5.74) is 1.65. The fraction of sp³-hybridized carbons (Fsp3) is 0.423. The Morgan fingerprint density at radius 2 is 1.69 bits per heavy atom. The molecule has 1 aliphatic rings. The number of likely N-dealkylation sites (tertiary alicyclic amines) is 1. The molecule has 0 saturated carbocycles. The Balaban J connectivity index is 0.00000109. The number of carbonyl (C=O) groups is 1. The summed E-state index contributed by atoms with van der Waals surface area (Å²) >= 11 is 0. The third kappa shape index (κ3) is 7.81. The van der Waals surface area contributed by atoms with Gasteiger partial charge in [-0.2, -0.15) is 5.10 Å². The van der Waals surface area contributed by atoms with Gasteiger partial charge in [-0.15, -0.1) is 0 Å². The third-order valence-electron chi connectivity index (χ3n) is 5.45. The lowest BCUT2D eigenvalue weighted by Gasteiger charge is -2.31. The van der Waals surface area contributed by atoms with Gasteiger partial charge in [0, 0.05) is 50.4 Å². The Bertz CT molecular complexity index is 1090. The molecule has 1 fully saturated rings. The van der Waals surface area contributed by atoms with Gasteiger partial charge in [0.1, 0.15) is 5.82 Å². The average Bonchev–Trinajstić information content (AvgIpc) is 3.29. The molecule has 196 valence electrons. The molecular weight excluding hydrogens is 471 g/mol. The molecule has 0 amide bonds. The smallest absolute Gasteiger partial charge is 0.337 e. The first-order valence-electron chi connectivity index (χ1n) is 12.2. The average molecular weight is 506 g/mol. The molecule has 4 rings (SSSR count). The minimum absolute atomic E-state index is 0.0360. The molecule has 7 nitrogen and oxygen atoms in total. The summed E-state index contributed by atoms with van der Waals surface area (Å²) in [7, 11) is 0. The number of nitrogens with zero attached hydrogens (tertiary/aromatic N) is 4. The quantitative estimate of drug-likeness (QED) is 0.392. The Morgan fingerprint density at radius 1 is 1.06 bits per heavy atom. The Morgan fingerprint density at radius 3 is 2.31 bits per heavy atom. The molecule has 0 unspecified atom stereocenters. The van der Waals surface area contributed by atoms with Gasteiger partial charge >= 0.3 is 5.97 Å². The van der Waals surface area contributed by atoms with Crippen molar-refractivity contribution in [1.29, 1.82) is 0 Å². The summed E-state index contributed by atoms with van der Waals surface area (Å²) < 4.78 is 41.8. The highest BCUT2D eigenvalue weighted by atomic mass is 19.3. The maximum absolute atomic E-state index is 13.4. The number of carboxylic acids is 1. The first kappa shape index (κ1) is 28.8. The lowest BCUT2D eigenvalue weighted by molar-refractivity contribution is -0.0555. The van der Waals surface area contributed by atoms with Crippen molar-refractivity contribution in [3.05, 3.63) is 60.3 Å². The van der Waals surface area contributed by atoms with Gasteiger partial charge in [-0.1, -0.05) is 39.8 Å². The van der Waals surface area contributed by atoms with Gasteiger partial charge < -0.3 is 15.3 Å². The summed E-state index contributed by atoms with van der Waals surface area (Å²) in [5.74, 6) is -3.70. The van der Waals surface area contributed by atoms with E-state index < -0.39 is 11.9 Å². The van der Waals surface area contributed by atoms with E-state index >= 15 is 0 Å². The molecular formula is C26H34F3N5O2. The van der Waals surface area contributed by atoms with Crippen LogP contribution in [-0.2, 0) is 6.54 Å². The van der Waals surface area contributed by atoms with Crippen molar-refractivity contribution < 1.29 is 23.1 Å². The number of nitrogens with one attached hydrogen (secondary N) is 1. The van der Waals surface area contributed by atoms with E-state index in [0.717, 1.165) is 0 Å². The van der Waals surface area contributed by atoms with Gasteiger partial charge in [-0.25, -0.2) is 18.0 Å². The molecule has 1 aromatic carbocycles. The summed E-state index contributed by atoms with van der Waals surface area (Å²) in [6.07, 6.45) is 4.24. The number of halogens is 3. The highest BCUT2D eigenvalue weighted by Gasteiger charge is 2.33. The number of rotatable bonds is 7. The fourth-order valence-electron chi connectivity index (χ4n) is 3.62. The van der Waals surface area contributed by atoms with Crippen LogP contribution in [0, 0.1) is 5.82 Å². The van der Waals surface area contributed by atoms with Crippen LogP contribution in [0.5, 0.6) is 0 Å². The number of alkyl halides is 2. The van der Waals surface area contributed by atoms with E-state index in [1.807, 2.05) is 32.6 Å². The SMILES string of the molecule is CC.CC.O=C(O)c1ccncc1Nc1nn(CCN2CCC(F)(F)CC2)cc1-c1ccc(F)cc1. The maximum Gasteiger partial charge on any atom is 0.337 e. The topological polar surface area (TPSA) is 83.3 Å². The third-order valence-corrected chi connectivity index (χ3v) is 5.45. The lowest BCUT2D eigenvalue weighted by atomic mass is 10.1. The minimum atomic E-state index is -2.60. The molecule has 0 radical (unpaired) electrons. The van der Waals surface area contributed by atoms with Crippen LogP contribution in [0.4, 0.5) is 24.7 Å². The molecule has 0 spiro atoms. The molecule has 3 heterocycles. The van der Waals surface area contributed by atoms with Gasteiger partial charge in [0.15, 0.2) is 5.82 Å². The van der Waals surface area contributed by atoms with Crippen molar-refractivity contribution in [2.24, 2.45) is 0 Å². The number of benzene rings is 1. The van der Waals surface area contributed by atoms with E-state index in [0.29, 0.717) is 43.1 Å². The molecule has 3 aromatic rings. The van der Waals surface area contributed by atoms with E-state index in [9.17, 15) is 23.1 Å². The molecule has 36 heavy (non-hydrogen) atoms. The van der Waals surface area contributed by atoms with Crippen molar-refractivity contribution in [1.82, 2.24) is 19.7 Å². The van der Waals surface area contributed by atoms with Crippen molar-refractivity contribution in [3.63, 3.8) is 0 Å². The molecule has 0 atom stereocenters. The predicted octanol–water partition coefficient (Wildman–Crippen LogP) is 6.31. The summed E-state index contributed by atoms with van der Waals surface area (Å²) in [4.78, 5) is 17.5. The van der Waals surface area contributed by atoms with E-state index in [1.165, 1.54) is 30.6 Å². The van der Waals surface area contributed by atoms with Gasteiger partial charge in [0.25, 0.3) is 5.92 Å². The first-order chi connectivity index (χ1) is 17.3. The monoisotopic (exact) mass is 505 g/mol. The molecule has 0 bridgehead atoms. The van der Waals surface area contributed by atoms with Crippen LogP contribution in [0.15, 0.2) is 48.9 Å². The van der Waals surface area contributed by atoms with Gasteiger partial charge in [0.05, 0.1) is 24.0 Å². The van der Waals surface area contributed by atoms with Crippen molar-refractivity contribution in [2.45, 2.75) is 53.0 Å². The van der Waals surface area contributed by atoms with Crippen LogP contribution >= 0.6 is 0 Å². The Kier molecular flexibility index (Phi) is 10.9. The molecule has 10 heteroatoms. The number of hydrogen-bond donors (Lipinski definition) is 2. The van der Waals surface area contributed by atoms with E-state index in [1.54, 1.807) is 23.0 Å². The zero-order valence-electron chi connectivity index (χ0n) is 21.1. The van der Waals surface area contributed by atoms with E-state index in [2.05, 4.69) is 15.4 Å². The second-order valence-corrected chi connectivity index (χ2v) is 7.71. The maximum atomic E-state index is 13.4.